The molecule has 1 N–H and O–H groups in total. The zero-order valence-corrected chi connectivity index (χ0v) is 12.9. The van der Waals surface area contributed by atoms with Crippen LogP contribution in [0.15, 0.2) is 24.3 Å². The maximum Gasteiger partial charge on any atom is 0.128 e. The Balaban J connectivity index is 1.59. The second-order valence-electron chi connectivity index (χ2n) is 6.20. The van der Waals surface area contributed by atoms with E-state index in [1.54, 1.807) is 12.1 Å². The topological polar surface area (TPSA) is 18.5 Å². The molecule has 4 heteroatoms. The van der Waals surface area contributed by atoms with Crippen LogP contribution >= 0.6 is 0 Å². The molecule has 2 fully saturated rings. The standard InChI is InChI=1S/C17H26FN3/c1-2-19-17(15-5-3-4-6-16(15)18)13-20-9-11-21(12-10-20)14-7-8-14/h3-6,14,17,19H,2,7-13H2,1H3. The molecule has 0 amide bonds. The summed E-state index contributed by atoms with van der Waals surface area (Å²) in [6, 6.07) is 8.10. The first kappa shape index (κ1) is 14.9. The van der Waals surface area contributed by atoms with Crippen LogP contribution in [0, 0.1) is 5.82 Å². The zero-order chi connectivity index (χ0) is 14.7. The maximum atomic E-state index is 14.0. The van der Waals surface area contributed by atoms with Crippen molar-refractivity contribution in [3.05, 3.63) is 35.6 Å². The molecule has 1 saturated carbocycles. The fourth-order valence-corrected chi connectivity index (χ4v) is 3.29. The van der Waals surface area contributed by atoms with Gasteiger partial charge in [-0.25, -0.2) is 4.39 Å². The van der Waals surface area contributed by atoms with Crippen molar-refractivity contribution in [1.29, 1.82) is 0 Å². The molecule has 0 radical (unpaired) electrons. The van der Waals surface area contributed by atoms with Crippen LogP contribution in [0.4, 0.5) is 4.39 Å². The van der Waals surface area contributed by atoms with Crippen LogP contribution in [0.1, 0.15) is 31.4 Å². The molecule has 1 saturated heterocycles. The lowest BCUT2D eigenvalue weighted by atomic mass is 10.1. The second kappa shape index (κ2) is 6.86. The van der Waals surface area contributed by atoms with Gasteiger partial charge in [0.2, 0.25) is 0 Å². The molecule has 21 heavy (non-hydrogen) atoms. The van der Waals surface area contributed by atoms with Crippen molar-refractivity contribution < 1.29 is 4.39 Å². The maximum absolute atomic E-state index is 14.0. The van der Waals surface area contributed by atoms with Crippen molar-refractivity contribution in [3.63, 3.8) is 0 Å². The summed E-state index contributed by atoms with van der Waals surface area (Å²) in [6.45, 7) is 8.38. The van der Waals surface area contributed by atoms with Crippen molar-refractivity contribution >= 4 is 0 Å². The third kappa shape index (κ3) is 3.82. The molecular formula is C17H26FN3. The third-order valence-electron chi connectivity index (χ3n) is 4.64. The third-order valence-corrected chi connectivity index (χ3v) is 4.64. The molecule has 116 valence electrons. The van der Waals surface area contributed by atoms with Gasteiger partial charge in [-0.3, -0.25) is 9.80 Å². The predicted octanol–water partition coefficient (Wildman–Crippen LogP) is 2.26. The largest absolute Gasteiger partial charge is 0.309 e. The van der Waals surface area contributed by atoms with Crippen LogP contribution in [0.25, 0.3) is 0 Å². The first-order chi connectivity index (χ1) is 10.3. The first-order valence-corrected chi connectivity index (χ1v) is 8.22. The fourth-order valence-electron chi connectivity index (χ4n) is 3.29. The van der Waals surface area contributed by atoms with Gasteiger partial charge in [0, 0.05) is 50.4 Å². The highest BCUT2D eigenvalue weighted by Gasteiger charge is 2.31. The summed E-state index contributed by atoms with van der Waals surface area (Å²) in [6.07, 6.45) is 2.77. The van der Waals surface area contributed by atoms with E-state index in [-0.39, 0.29) is 11.9 Å². The van der Waals surface area contributed by atoms with E-state index in [9.17, 15) is 4.39 Å². The van der Waals surface area contributed by atoms with Gasteiger partial charge in [0.1, 0.15) is 5.82 Å². The number of benzene rings is 1. The van der Waals surface area contributed by atoms with E-state index < -0.39 is 0 Å². The van der Waals surface area contributed by atoms with Gasteiger partial charge in [-0.05, 0) is 25.5 Å². The first-order valence-electron chi connectivity index (χ1n) is 8.22. The van der Waals surface area contributed by atoms with Gasteiger partial charge in [-0.2, -0.15) is 0 Å². The summed E-state index contributed by atoms with van der Waals surface area (Å²) in [4.78, 5) is 5.08. The molecular weight excluding hydrogens is 265 g/mol. The van der Waals surface area contributed by atoms with E-state index in [0.717, 1.165) is 37.8 Å². The van der Waals surface area contributed by atoms with Gasteiger partial charge in [-0.15, -0.1) is 0 Å². The number of hydrogen-bond donors (Lipinski definition) is 1. The summed E-state index contributed by atoms with van der Waals surface area (Å²) >= 11 is 0. The van der Waals surface area contributed by atoms with Gasteiger partial charge < -0.3 is 5.32 Å². The van der Waals surface area contributed by atoms with Crippen molar-refractivity contribution in [2.24, 2.45) is 0 Å². The van der Waals surface area contributed by atoms with Crippen LogP contribution in [0.5, 0.6) is 0 Å². The Hall–Kier alpha value is -0.970. The van der Waals surface area contributed by atoms with Gasteiger partial charge in [0.05, 0.1) is 0 Å². The van der Waals surface area contributed by atoms with Gasteiger partial charge >= 0.3 is 0 Å². The lowest BCUT2D eigenvalue weighted by Gasteiger charge is -2.36. The molecule has 3 nitrogen and oxygen atoms in total. The smallest absolute Gasteiger partial charge is 0.128 e. The molecule has 0 bridgehead atoms. The Labute approximate surface area is 127 Å². The van der Waals surface area contributed by atoms with Crippen molar-refractivity contribution in [1.82, 2.24) is 15.1 Å². The number of hydrogen-bond acceptors (Lipinski definition) is 3. The molecule has 1 aromatic rings. The van der Waals surface area contributed by atoms with E-state index in [0.29, 0.717) is 0 Å². The van der Waals surface area contributed by atoms with Gasteiger partial charge in [-0.1, -0.05) is 25.1 Å². The predicted molar refractivity (Wildman–Crippen MR) is 83.9 cm³/mol. The van der Waals surface area contributed by atoms with Gasteiger partial charge in [0.25, 0.3) is 0 Å². The minimum Gasteiger partial charge on any atom is -0.309 e. The number of nitrogens with zero attached hydrogens (tertiary/aromatic N) is 2. The number of nitrogens with one attached hydrogen (secondary N) is 1. The Morgan fingerprint density at radius 3 is 2.52 bits per heavy atom. The molecule has 1 aliphatic heterocycles. The van der Waals surface area contributed by atoms with Crippen LogP contribution < -0.4 is 5.32 Å². The molecule has 1 heterocycles. The lowest BCUT2D eigenvalue weighted by Crippen LogP contribution is -2.49. The average Bonchev–Trinajstić information content (AvgIpc) is 3.33. The monoisotopic (exact) mass is 291 g/mol. The van der Waals surface area contributed by atoms with Crippen molar-refractivity contribution in [2.75, 3.05) is 39.3 Å². The van der Waals surface area contributed by atoms with Crippen LogP contribution in [-0.4, -0.2) is 55.1 Å². The number of likely N-dealkylation sites (N-methyl/N-ethyl adjacent to an activating group) is 1. The Bertz CT molecular complexity index is 453. The Morgan fingerprint density at radius 1 is 1.19 bits per heavy atom. The second-order valence-corrected chi connectivity index (χ2v) is 6.20. The highest BCUT2D eigenvalue weighted by atomic mass is 19.1. The Morgan fingerprint density at radius 2 is 1.90 bits per heavy atom. The van der Waals surface area contributed by atoms with Crippen LogP contribution in [0.2, 0.25) is 0 Å². The van der Waals surface area contributed by atoms with Crippen molar-refractivity contribution in [3.8, 4) is 0 Å². The summed E-state index contributed by atoms with van der Waals surface area (Å²) in [5.41, 5.74) is 0.795. The molecule has 3 rings (SSSR count). The number of halogens is 1. The summed E-state index contributed by atoms with van der Waals surface area (Å²) in [5.74, 6) is -0.0972. The lowest BCUT2D eigenvalue weighted by molar-refractivity contribution is 0.117. The molecule has 1 aliphatic carbocycles. The number of piperazine rings is 1. The van der Waals surface area contributed by atoms with Crippen LogP contribution in [0.3, 0.4) is 0 Å². The zero-order valence-electron chi connectivity index (χ0n) is 12.9. The fraction of sp³-hybridized carbons (Fsp3) is 0.647. The quantitative estimate of drug-likeness (QED) is 0.867. The minimum atomic E-state index is -0.0972. The minimum absolute atomic E-state index is 0.0867. The van der Waals surface area contributed by atoms with E-state index in [4.69, 9.17) is 0 Å². The average molecular weight is 291 g/mol. The Kier molecular flexibility index (Phi) is 4.88. The SMILES string of the molecule is CCNC(CN1CCN(C2CC2)CC1)c1ccccc1F. The van der Waals surface area contributed by atoms with Crippen molar-refractivity contribution in [2.45, 2.75) is 31.8 Å². The van der Waals surface area contributed by atoms with E-state index in [2.05, 4.69) is 22.0 Å². The number of rotatable bonds is 6. The highest BCUT2D eigenvalue weighted by Crippen LogP contribution is 2.28. The van der Waals surface area contributed by atoms with Gasteiger partial charge in [0.15, 0.2) is 0 Å². The van der Waals surface area contributed by atoms with Crippen LogP contribution in [-0.2, 0) is 0 Å². The summed E-state index contributed by atoms with van der Waals surface area (Å²) in [5, 5.41) is 3.44. The normalized spacial score (nSPS) is 22.4. The molecule has 1 unspecified atom stereocenters. The molecule has 2 aliphatic rings. The molecule has 0 aromatic heterocycles. The summed E-state index contributed by atoms with van der Waals surface area (Å²) < 4.78 is 14.0. The highest BCUT2D eigenvalue weighted by molar-refractivity contribution is 5.21. The van der Waals surface area contributed by atoms with E-state index in [1.165, 1.54) is 25.9 Å². The molecule has 1 atom stereocenters. The summed E-state index contributed by atoms with van der Waals surface area (Å²) in [7, 11) is 0. The molecule has 1 aromatic carbocycles. The van der Waals surface area contributed by atoms with E-state index in [1.807, 2.05) is 12.1 Å². The van der Waals surface area contributed by atoms with E-state index >= 15 is 0 Å². The molecule has 0 spiro atoms.